The summed E-state index contributed by atoms with van der Waals surface area (Å²) in [6.07, 6.45) is 5.29. The van der Waals surface area contributed by atoms with Gasteiger partial charge in [-0.15, -0.1) is 0 Å². The molecule has 3 heterocycles. The molecule has 0 atom stereocenters. The number of pyridine rings is 1. The van der Waals surface area contributed by atoms with Crippen molar-refractivity contribution in [2.45, 2.75) is 20.3 Å². The van der Waals surface area contributed by atoms with Crippen LogP contribution in [0.4, 0.5) is 4.39 Å². The van der Waals surface area contributed by atoms with Crippen LogP contribution < -0.4 is 5.73 Å². The average Bonchev–Trinajstić information content (AvgIpc) is 2.92. The SMILES string of the molecule is CC1(C)CC2(C=C(N)C1=O)CN(C(=O)c1cn3cc(F)ccc3n1)C2. The topological polar surface area (TPSA) is 80.7 Å². The lowest BCUT2D eigenvalue weighted by molar-refractivity contribution is -0.127. The van der Waals surface area contributed by atoms with E-state index < -0.39 is 5.41 Å². The van der Waals surface area contributed by atoms with E-state index in [0.29, 0.717) is 25.2 Å². The van der Waals surface area contributed by atoms with Gasteiger partial charge >= 0.3 is 0 Å². The van der Waals surface area contributed by atoms with E-state index in [1.165, 1.54) is 28.9 Å². The van der Waals surface area contributed by atoms with Crippen molar-refractivity contribution in [3.63, 3.8) is 0 Å². The van der Waals surface area contributed by atoms with Crippen LogP contribution in [0, 0.1) is 16.6 Å². The molecule has 1 fully saturated rings. The molecule has 1 aliphatic heterocycles. The Morgan fingerprint density at radius 2 is 2.00 bits per heavy atom. The van der Waals surface area contributed by atoms with Crippen LogP contribution in [-0.4, -0.2) is 39.1 Å². The highest BCUT2D eigenvalue weighted by molar-refractivity contribution is 6.00. The monoisotopic (exact) mass is 342 g/mol. The van der Waals surface area contributed by atoms with E-state index in [9.17, 15) is 14.0 Å². The zero-order valence-electron chi connectivity index (χ0n) is 14.1. The van der Waals surface area contributed by atoms with Gasteiger partial charge in [0.15, 0.2) is 5.78 Å². The number of carbonyl (C=O) groups is 2. The van der Waals surface area contributed by atoms with Crippen molar-refractivity contribution in [1.82, 2.24) is 14.3 Å². The Bertz CT molecular complexity index is 938. The summed E-state index contributed by atoms with van der Waals surface area (Å²) in [5.74, 6) is -0.622. The number of fused-ring (bicyclic) bond motifs is 1. The Hall–Kier alpha value is -2.70. The number of imidazole rings is 1. The first kappa shape index (κ1) is 15.8. The molecule has 2 aliphatic rings. The third-order valence-electron chi connectivity index (χ3n) is 5.07. The van der Waals surface area contributed by atoms with E-state index in [0.717, 1.165) is 0 Å². The van der Waals surface area contributed by atoms with Crippen LogP contribution in [0.5, 0.6) is 0 Å². The quantitative estimate of drug-likeness (QED) is 0.856. The molecular formula is C18H19FN4O2. The molecular weight excluding hydrogens is 323 g/mol. The standard InChI is InChI=1S/C18H19FN4O2/c1-17(2)8-18(5-12(20)15(17)24)9-23(10-18)16(25)13-7-22-6-11(19)3-4-14(22)21-13/h3-7H,8-10,20H2,1-2H3. The number of allylic oxidation sites excluding steroid dienone is 1. The van der Waals surface area contributed by atoms with E-state index in [-0.39, 0.29) is 34.3 Å². The molecule has 1 spiro atoms. The smallest absolute Gasteiger partial charge is 0.274 e. The maximum Gasteiger partial charge on any atom is 0.274 e. The van der Waals surface area contributed by atoms with Crippen LogP contribution in [-0.2, 0) is 4.79 Å². The number of hydrogen-bond acceptors (Lipinski definition) is 4. The number of aromatic nitrogens is 2. The summed E-state index contributed by atoms with van der Waals surface area (Å²) < 4.78 is 14.8. The zero-order valence-corrected chi connectivity index (χ0v) is 14.1. The largest absolute Gasteiger partial charge is 0.396 e. The molecule has 0 radical (unpaired) electrons. The molecule has 0 aromatic carbocycles. The number of amides is 1. The zero-order chi connectivity index (χ0) is 18.0. The molecule has 0 bridgehead atoms. The third-order valence-corrected chi connectivity index (χ3v) is 5.07. The summed E-state index contributed by atoms with van der Waals surface area (Å²) in [5.41, 5.74) is 6.21. The molecule has 7 heteroatoms. The van der Waals surface area contributed by atoms with E-state index in [2.05, 4.69) is 4.98 Å². The van der Waals surface area contributed by atoms with Crippen LogP contribution in [0.15, 0.2) is 36.3 Å². The highest BCUT2D eigenvalue weighted by atomic mass is 19.1. The molecule has 1 amide bonds. The normalized spacial score (nSPS) is 21.3. The van der Waals surface area contributed by atoms with Gasteiger partial charge in [0.1, 0.15) is 17.2 Å². The Labute approximate surface area is 144 Å². The van der Waals surface area contributed by atoms with Crippen molar-refractivity contribution in [3.8, 4) is 0 Å². The predicted octanol–water partition coefficient (Wildman–Crippen LogP) is 1.76. The molecule has 6 nitrogen and oxygen atoms in total. The van der Waals surface area contributed by atoms with E-state index in [1.54, 1.807) is 4.90 Å². The van der Waals surface area contributed by atoms with Crippen LogP contribution in [0.2, 0.25) is 0 Å². The Morgan fingerprint density at radius 1 is 1.28 bits per heavy atom. The number of rotatable bonds is 1. The van der Waals surface area contributed by atoms with E-state index >= 15 is 0 Å². The van der Waals surface area contributed by atoms with Crippen molar-refractivity contribution in [2.24, 2.45) is 16.6 Å². The lowest BCUT2D eigenvalue weighted by atomic mass is 9.62. The molecule has 1 saturated heterocycles. The van der Waals surface area contributed by atoms with Crippen molar-refractivity contribution >= 4 is 17.3 Å². The molecule has 25 heavy (non-hydrogen) atoms. The molecule has 0 saturated carbocycles. The molecule has 130 valence electrons. The van der Waals surface area contributed by atoms with E-state index in [4.69, 9.17) is 5.73 Å². The van der Waals surface area contributed by atoms with Gasteiger partial charge in [-0.1, -0.05) is 13.8 Å². The Balaban J connectivity index is 1.55. The number of nitrogens with zero attached hydrogens (tertiary/aromatic N) is 3. The lowest BCUT2D eigenvalue weighted by Crippen LogP contribution is -2.61. The molecule has 2 N–H and O–H groups in total. The first-order valence-electron chi connectivity index (χ1n) is 8.16. The second-order valence-corrected chi connectivity index (χ2v) is 7.75. The van der Waals surface area contributed by atoms with Crippen LogP contribution in [0.25, 0.3) is 5.65 Å². The summed E-state index contributed by atoms with van der Waals surface area (Å²) in [6, 6.07) is 2.84. The molecule has 2 aromatic heterocycles. The van der Waals surface area contributed by atoms with Crippen molar-refractivity contribution in [3.05, 3.63) is 47.8 Å². The number of halogens is 1. The van der Waals surface area contributed by atoms with Crippen molar-refractivity contribution in [1.29, 1.82) is 0 Å². The number of hydrogen-bond donors (Lipinski definition) is 1. The number of carbonyl (C=O) groups excluding carboxylic acids is 2. The van der Waals surface area contributed by atoms with Crippen molar-refractivity contribution in [2.75, 3.05) is 13.1 Å². The molecule has 1 aliphatic carbocycles. The van der Waals surface area contributed by atoms with Gasteiger partial charge in [0.2, 0.25) is 0 Å². The molecule has 0 unspecified atom stereocenters. The fourth-order valence-electron chi connectivity index (χ4n) is 4.09. The van der Waals surface area contributed by atoms with Gasteiger partial charge in [0.25, 0.3) is 5.91 Å². The van der Waals surface area contributed by atoms with Gasteiger partial charge in [0.05, 0.1) is 5.70 Å². The third kappa shape index (κ3) is 2.42. The number of likely N-dealkylation sites (tertiary alicyclic amines) is 1. The summed E-state index contributed by atoms with van der Waals surface area (Å²) in [6.45, 7) is 4.78. The lowest BCUT2D eigenvalue weighted by Gasteiger charge is -2.53. The highest BCUT2D eigenvalue weighted by Crippen LogP contribution is 2.47. The van der Waals surface area contributed by atoms with Gasteiger partial charge in [-0.05, 0) is 24.6 Å². The minimum atomic E-state index is -0.519. The number of nitrogens with two attached hydrogens (primary N) is 1. The Morgan fingerprint density at radius 3 is 2.68 bits per heavy atom. The predicted molar refractivity (Wildman–Crippen MR) is 89.2 cm³/mol. The summed E-state index contributed by atoms with van der Waals surface area (Å²) in [4.78, 5) is 30.7. The maximum absolute atomic E-state index is 13.3. The fraction of sp³-hybridized carbons (Fsp3) is 0.389. The minimum absolute atomic E-state index is 0.0368. The van der Waals surface area contributed by atoms with Crippen LogP contribution >= 0.6 is 0 Å². The first-order chi connectivity index (χ1) is 11.7. The first-order valence-corrected chi connectivity index (χ1v) is 8.16. The van der Waals surface area contributed by atoms with Crippen molar-refractivity contribution < 1.29 is 14.0 Å². The van der Waals surface area contributed by atoms with Gasteiger partial charge < -0.3 is 15.0 Å². The van der Waals surface area contributed by atoms with Gasteiger partial charge in [-0.2, -0.15) is 0 Å². The highest BCUT2D eigenvalue weighted by Gasteiger charge is 2.52. The number of Topliss-reactive ketones (excluding diaryl/α,β-unsaturated/α-hetero) is 1. The maximum atomic E-state index is 13.3. The summed E-state index contributed by atoms with van der Waals surface area (Å²) in [7, 11) is 0. The van der Waals surface area contributed by atoms with Gasteiger partial charge in [0, 0.05) is 36.3 Å². The van der Waals surface area contributed by atoms with Crippen LogP contribution in [0.1, 0.15) is 30.8 Å². The van der Waals surface area contributed by atoms with Crippen LogP contribution in [0.3, 0.4) is 0 Å². The second kappa shape index (κ2) is 4.91. The second-order valence-electron chi connectivity index (χ2n) is 7.75. The fourth-order valence-corrected chi connectivity index (χ4v) is 4.09. The van der Waals surface area contributed by atoms with E-state index in [1.807, 2.05) is 19.9 Å². The summed E-state index contributed by atoms with van der Waals surface area (Å²) >= 11 is 0. The molecule has 2 aromatic rings. The number of ketones is 1. The average molecular weight is 342 g/mol. The summed E-state index contributed by atoms with van der Waals surface area (Å²) in [5, 5.41) is 0. The van der Waals surface area contributed by atoms with Gasteiger partial charge in [-0.3, -0.25) is 9.59 Å². The Kier molecular flexibility index (Phi) is 3.10. The minimum Gasteiger partial charge on any atom is -0.396 e. The molecule has 4 rings (SSSR count). The van der Waals surface area contributed by atoms with Gasteiger partial charge in [-0.25, -0.2) is 9.37 Å².